The SMILES string of the molecule is COc1cccc(Nc2cc(NCCc3ccc(F)cc3)nc(C)n2)c1. The second kappa shape index (κ2) is 8.29. The van der Waals surface area contributed by atoms with Gasteiger partial charge >= 0.3 is 0 Å². The molecule has 26 heavy (non-hydrogen) atoms. The molecule has 0 radical (unpaired) electrons. The van der Waals surface area contributed by atoms with Gasteiger partial charge in [0, 0.05) is 24.4 Å². The van der Waals surface area contributed by atoms with E-state index in [1.807, 2.05) is 37.3 Å². The molecule has 3 aromatic rings. The van der Waals surface area contributed by atoms with Crippen molar-refractivity contribution in [2.45, 2.75) is 13.3 Å². The van der Waals surface area contributed by atoms with Crippen LogP contribution in [0.3, 0.4) is 0 Å². The third-order valence-corrected chi connectivity index (χ3v) is 3.81. The first kappa shape index (κ1) is 17.7. The highest BCUT2D eigenvalue weighted by Crippen LogP contribution is 2.21. The molecule has 0 amide bonds. The second-order valence-corrected chi connectivity index (χ2v) is 5.85. The van der Waals surface area contributed by atoms with Crippen LogP contribution in [0.4, 0.5) is 21.7 Å². The molecule has 1 heterocycles. The number of rotatable bonds is 7. The maximum absolute atomic E-state index is 12.9. The summed E-state index contributed by atoms with van der Waals surface area (Å²) in [6.07, 6.45) is 0.780. The predicted molar refractivity (Wildman–Crippen MR) is 102 cm³/mol. The van der Waals surface area contributed by atoms with Crippen LogP contribution in [0.5, 0.6) is 5.75 Å². The molecule has 0 aliphatic carbocycles. The van der Waals surface area contributed by atoms with Crippen LogP contribution in [0.25, 0.3) is 0 Å². The van der Waals surface area contributed by atoms with E-state index in [9.17, 15) is 4.39 Å². The molecule has 0 aliphatic heterocycles. The molecule has 0 bridgehead atoms. The van der Waals surface area contributed by atoms with Crippen molar-refractivity contribution in [1.82, 2.24) is 9.97 Å². The number of hydrogen-bond acceptors (Lipinski definition) is 5. The second-order valence-electron chi connectivity index (χ2n) is 5.85. The van der Waals surface area contributed by atoms with Crippen LogP contribution in [-0.4, -0.2) is 23.6 Å². The third kappa shape index (κ3) is 4.92. The van der Waals surface area contributed by atoms with Gasteiger partial charge in [0.1, 0.15) is 29.0 Å². The maximum atomic E-state index is 12.9. The van der Waals surface area contributed by atoms with Gasteiger partial charge in [0.25, 0.3) is 0 Å². The van der Waals surface area contributed by atoms with Crippen molar-refractivity contribution in [1.29, 1.82) is 0 Å². The number of methoxy groups -OCH3 is 1. The van der Waals surface area contributed by atoms with Crippen LogP contribution >= 0.6 is 0 Å². The van der Waals surface area contributed by atoms with Crippen LogP contribution in [0.15, 0.2) is 54.6 Å². The molecular formula is C20H21FN4O. The zero-order valence-electron chi connectivity index (χ0n) is 14.8. The van der Waals surface area contributed by atoms with Crippen LogP contribution in [-0.2, 0) is 6.42 Å². The van der Waals surface area contributed by atoms with Gasteiger partial charge in [-0.15, -0.1) is 0 Å². The van der Waals surface area contributed by atoms with E-state index in [1.165, 1.54) is 12.1 Å². The Morgan fingerprint density at radius 3 is 2.54 bits per heavy atom. The molecule has 0 unspecified atom stereocenters. The van der Waals surface area contributed by atoms with Gasteiger partial charge in [-0.3, -0.25) is 0 Å². The third-order valence-electron chi connectivity index (χ3n) is 3.81. The Balaban J connectivity index is 1.64. The largest absolute Gasteiger partial charge is 0.497 e. The quantitative estimate of drug-likeness (QED) is 0.663. The van der Waals surface area contributed by atoms with Gasteiger partial charge in [0.15, 0.2) is 0 Å². The number of anilines is 3. The number of aryl methyl sites for hydroxylation is 1. The van der Waals surface area contributed by atoms with Crippen LogP contribution in [0, 0.1) is 12.7 Å². The van der Waals surface area contributed by atoms with Crippen LogP contribution in [0.2, 0.25) is 0 Å². The van der Waals surface area contributed by atoms with Gasteiger partial charge in [-0.2, -0.15) is 0 Å². The smallest absolute Gasteiger partial charge is 0.136 e. The highest BCUT2D eigenvalue weighted by Gasteiger charge is 2.04. The minimum atomic E-state index is -0.221. The zero-order valence-corrected chi connectivity index (χ0v) is 14.8. The molecule has 1 aromatic heterocycles. The number of hydrogen-bond donors (Lipinski definition) is 2. The lowest BCUT2D eigenvalue weighted by Gasteiger charge is -2.11. The number of nitrogens with zero attached hydrogens (tertiary/aromatic N) is 2. The summed E-state index contributed by atoms with van der Waals surface area (Å²) in [5.41, 5.74) is 1.96. The molecule has 0 atom stereocenters. The summed E-state index contributed by atoms with van der Waals surface area (Å²) in [5.74, 6) is 2.67. The number of nitrogens with one attached hydrogen (secondary N) is 2. The summed E-state index contributed by atoms with van der Waals surface area (Å²) in [5, 5.41) is 6.55. The summed E-state index contributed by atoms with van der Waals surface area (Å²) in [7, 11) is 1.64. The molecule has 0 saturated carbocycles. The Morgan fingerprint density at radius 2 is 1.77 bits per heavy atom. The molecule has 0 aliphatic rings. The van der Waals surface area contributed by atoms with Gasteiger partial charge in [-0.25, -0.2) is 14.4 Å². The maximum Gasteiger partial charge on any atom is 0.136 e. The van der Waals surface area contributed by atoms with E-state index < -0.39 is 0 Å². The monoisotopic (exact) mass is 352 g/mol. The number of halogens is 1. The molecule has 0 spiro atoms. The van der Waals surface area contributed by atoms with Crippen LogP contribution < -0.4 is 15.4 Å². The predicted octanol–water partition coefficient (Wildman–Crippen LogP) is 4.33. The fourth-order valence-corrected chi connectivity index (χ4v) is 2.56. The Bertz CT molecular complexity index is 868. The van der Waals surface area contributed by atoms with Crippen molar-refractivity contribution in [3.63, 3.8) is 0 Å². The molecule has 3 rings (SSSR count). The van der Waals surface area contributed by atoms with Crippen molar-refractivity contribution in [2.24, 2.45) is 0 Å². The zero-order chi connectivity index (χ0) is 18.4. The van der Waals surface area contributed by atoms with Crippen molar-refractivity contribution in [3.8, 4) is 5.75 Å². The standard InChI is InChI=1S/C20H21FN4O/c1-14-23-19(22-11-10-15-6-8-16(21)9-7-15)13-20(24-14)25-17-4-3-5-18(12-17)26-2/h3-9,12-13H,10-11H2,1-2H3,(H2,22,23,24,25). The normalized spacial score (nSPS) is 10.4. The fraction of sp³-hybridized carbons (Fsp3) is 0.200. The first-order chi connectivity index (χ1) is 12.6. The van der Waals surface area contributed by atoms with E-state index in [0.29, 0.717) is 18.2 Å². The molecule has 2 aromatic carbocycles. The molecular weight excluding hydrogens is 331 g/mol. The molecule has 0 saturated heterocycles. The highest BCUT2D eigenvalue weighted by molar-refractivity contribution is 5.60. The summed E-state index contributed by atoms with van der Waals surface area (Å²) in [6.45, 7) is 2.54. The number of aromatic nitrogens is 2. The van der Waals surface area contributed by atoms with Gasteiger partial charge in [-0.1, -0.05) is 18.2 Å². The average molecular weight is 352 g/mol. The first-order valence-electron chi connectivity index (χ1n) is 8.37. The van der Waals surface area contributed by atoms with E-state index in [-0.39, 0.29) is 5.82 Å². The fourth-order valence-electron chi connectivity index (χ4n) is 2.56. The minimum absolute atomic E-state index is 0.221. The van der Waals surface area contributed by atoms with E-state index in [0.717, 1.165) is 29.2 Å². The van der Waals surface area contributed by atoms with Gasteiger partial charge in [-0.05, 0) is 43.2 Å². The summed E-state index contributed by atoms with van der Waals surface area (Å²) >= 11 is 0. The first-order valence-corrected chi connectivity index (χ1v) is 8.37. The average Bonchev–Trinajstić information content (AvgIpc) is 2.63. The van der Waals surface area contributed by atoms with Crippen molar-refractivity contribution < 1.29 is 9.13 Å². The molecule has 5 nitrogen and oxygen atoms in total. The van der Waals surface area contributed by atoms with Gasteiger partial charge in [0.05, 0.1) is 7.11 Å². The number of benzene rings is 2. The van der Waals surface area contributed by atoms with Crippen molar-refractivity contribution >= 4 is 17.3 Å². The molecule has 0 fully saturated rings. The molecule has 134 valence electrons. The summed E-state index contributed by atoms with van der Waals surface area (Å²) in [6, 6.07) is 16.0. The Hall–Kier alpha value is -3.15. The van der Waals surface area contributed by atoms with E-state index in [4.69, 9.17) is 4.74 Å². The van der Waals surface area contributed by atoms with E-state index in [2.05, 4.69) is 20.6 Å². The highest BCUT2D eigenvalue weighted by atomic mass is 19.1. The molecule has 2 N–H and O–H groups in total. The lowest BCUT2D eigenvalue weighted by atomic mass is 10.1. The lowest BCUT2D eigenvalue weighted by Crippen LogP contribution is -2.08. The minimum Gasteiger partial charge on any atom is -0.497 e. The summed E-state index contributed by atoms with van der Waals surface area (Å²) < 4.78 is 18.2. The van der Waals surface area contributed by atoms with E-state index in [1.54, 1.807) is 19.2 Å². The van der Waals surface area contributed by atoms with Gasteiger partial charge < -0.3 is 15.4 Å². The van der Waals surface area contributed by atoms with Crippen molar-refractivity contribution in [3.05, 3.63) is 71.8 Å². The van der Waals surface area contributed by atoms with Crippen LogP contribution in [0.1, 0.15) is 11.4 Å². The Labute approximate surface area is 152 Å². The van der Waals surface area contributed by atoms with Gasteiger partial charge in [0.2, 0.25) is 0 Å². The Kier molecular flexibility index (Phi) is 5.63. The number of ether oxygens (including phenoxy) is 1. The lowest BCUT2D eigenvalue weighted by molar-refractivity contribution is 0.415. The summed E-state index contributed by atoms with van der Waals surface area (Å²) in [4.78, 5) is 8.82. The van der Waals surface area contributed by atoms with E-state index >= 15 is 0 Å². The molecule has 6 heteroatoms. The topological polar surface area (TPSA) is 59.1 Å². The Morgan fingerprint density at radius 1 is 1.00 bits per heavy atom. The van der Waals surface area contributed by atoms with Crippen molar-refractivity contribution in [2.75, 3.05) is 24.3 Å².